The summed E-state index contributed by atoms with van der Waals surface area (Å²) in [7, 11) is 0.840. The molecule has 1 amide bonds. The summed E-state index contributed by atoms with van der Waals surface area (Å²) < 4.78 is 61.8. The van der Waals surface area contributed by atoms with E-state index >= 15 is 0 Å². The van der Waals surface area contributed by atoms with Crippen LogP contribution in [0.1, 0.15) is 36.3 Å². The van der Waals surface area contributed by atoms with Gasteiger partial charge in [0.05, 0.1) is 5.02 Å². The van der Waals surface area contributed by atoms with Crippen molar-refractivity contribution in [3.8, 4) is 0 Å². The fraction of sp³-hybridized carbons (Fsp3) is 0.480. The number of carbonyl (C=O) groups excluding carboxylic acids is 1. The van der Waals surface area contributed by atoms with Crippen LogP contribution in [0.15, 0.2) is 48.5 Å². The molecule has 4 nitrogen and oxygen atoms in total. The molecule has 0 aliphatic carbocycles. The van der Waals surface area contributed by atoms with Gasteiger partial charge in [-0.1, -0.05) is 48.0 Å². The number of alkyl halides is 3. The summed E-state index contributed by atoms with van der Waals surface area (Å²) >= 11 is 5.76. The van der Waals surface area contributed by atoms with Crippen LogP contribution >= 0.6 is 11.6 Å². The van der Waals surface area contributed by atoms with E-state index < -0.39 is 34.1 Å². The van der Waals surface area contributed by atoms with Crippen molar-refractivity contribution in [3.05, 3.63) is 70.5 Å². The summed E-state index contributed by atoms with van der Waals surface area (Å²) in [6.45, 7) is 1.98. The molecule has 2 saturated heterocycles. The maximum Gasteiger partial charge on any atom is 0.430 e. The molecule has 2 aliphatic heterocycles. The number of likely N-dealkylation sites (tertiary alicyclic amines) is 1. The number of ether oxygens (including phenoxy) is 1. The average molecular weight is 499 g/mol. The van der Waals surface area contributed by atoms with E-state index in [1.165, 1.54) is 10.5 Å². The standard InChI is InChI=1S/C25H27ClF4N2O2/c1-34-24(25(28,29)30,18-7-8-21(27)20(26)15-18)22(33)32-13-10-23(11-14-32)9-12-31-16-19(23)17-5-3-2-4-6-17/h2-8,15,19,31H,9-14,16H2,1H3/t19-,24?/m0/s1. The van der Waals surface area contributed by atoms with Crippen LogP contribution in [0, 0.1) is 11.2 Å². The van der Waals surface area contributed by atoms with Crippen LogP contribution in [-0.4, -0.2) is 50.3 Å². The highest BCUT2D eigenvalue weighted by Crippen LogP contribution is 2.50. The van der Waals surface area contributed by atoms with Gasteiger partial charge in [-0.3, -0.25) is 4.79 Å². The summed E-state index contributed by atoms with van der Waals surface area (Å²) in [6, 6.07) is 12.6. The summed E-state index contributed by atoms with van der Waals surface area (Å²) in [5.41, 5.74) is -2.71. The molecule has 0 saturated carbocycles. The van der Waals surface area contributed by atoms with E-state index in [1.54, 1.807) is 0 Å². The maximum absolute atomic E-state index is 14.4. The number of nitrogens with one attached hydrogen (secondary N) is 1. The van der Waals surface area contributed by atoms with Crippen LogP contribution in [-0.2, 0) is 15.1 Å². The van der Waals surface area contributed by atoms with Gasteiger partial charge in [0.25, 0.3) is 11.5 Å². The number of hydrogen-bond donors (Lipinski definition) is 1. The smallest absolute Gasteiger partial charge is 0.356 e. The quantitative estimate of drug-likeness (QED) is 0.584. The Labute approximate surface area is 201 Å². The SMILES string of the molecule is COC(C(=O)N1CCC2(CCNC[C@H]2c2ccccc2)CC1)(c1ccc(F)c(Cl)c1)C(F)(F)F. The van der Waals surface area contributed by atoms with Crippen molar-refractivity contribution in [1.29, 1.82) is 0 Å². The fourth-order valence-electron chi connectivity index (χ4n) is 5.55. The zero-order valence-electron chi connectivity index (χ0n) is 18.8. The molecule has 2 atom stereocenters. The Balaban J connectivity index is 1.62. The monoisotopic (exact) mass is 498 g/mol. The van der Waals surface area contributed by atoms with Gasteiger partial charge in [-0.2, -0.15) is 13.2 Å². The van der Waals surface area contributed by atoms with Crippen molar-refractivity contribution in [2.75, 3.05) is 33.3 Å². The molecule has 2 aliphatic rings. The zero-order chi connectivity index (χ0) is 24.6. The van der Waals surface area contributed by atoms with E-state index in [4.69, 9.17) is 16.3 Å². The number of methoxy groups -OCH3 is 1. The normalized spacial score (nSPS) is 22.4. The first kappa shape index (κ1) is 24.9. The molecule has 2 fully saturated rings. The highest BCUT2D eigenvalue weighted by molar-refractivity contribution is 6.30. The van der Waals surface area contributed by atoms with E-state index in [2.05, 4.69) is 17.4 Å². The van der Waals surface area contributed by atoms with Crippen LogP contribution in [0.5, 0.6) is 0 Å². The van der Waals surface area contributed by atoms with Crippen molar-refractivity contribution in [2.45, 2.75) is 37.0 Å². The molecule has 1 spiro atoms. The minimum Gasteiger partial charge on any atom is -0.356 e. The Hall–Kier alpha value is -2.16. The van der Waals surface area contributed by atoms with Crippen LogP contribution in [0.25, 0.3) is 0 Å². The van der Waals surface area contributed by atoms with E-state index in [0.717, 1.165) is 44.8 Å². The maximum atomic E-state index is 14.4. The lowest BCUT2D eigenvalue weighted by molar-refractivity contribution is -0.271. The number of piperidine rings is 2. The molecule has 2 heterocycles. The van der Waals surface area contributed by atoms with Gasteiger partial charge in [0, 0.05) is 38.2 Å². The third-order valence-corrected chi connectivity index (χ3v) is 7.76. The summed E-state index contributed by atoms with van der Waals surface area (Å²) in [5, 5.41) is 2.93. The van der Waals surface area contributed by atoms with Crippen molar-refractivity contribution in [3.63, 3.8) is 0 Å². The second kappa shape index (κ2) is 9.47. The van der Waals surface area contributed by atoms with Crippen LogP contribution in [0.4, 0.5) is 17.6 Å². The Morgan fingerprint density at radius 1 is 1.12 bits per heavy atom. The number of halogens is 5. The van der Waals surface area contributed by atoms with E-state index in [1.807, 2.05) is 18.2 Å². The second-order valence-electron chi connectivity index (χ2n) is 9.08. The minimum absolute atomic E-state index is 0.101. The second-order valence-corrected chi connectivity index (χ2v) is 9.49. The molecule has 2 aromatic rings. The predicted octanol–water partition coefficient (Wildman–Crippen LogP) is 5.27. The van der Waals surface area contributed by atoms with Gasteiger partial charge in [0.15, 0.2) is 0 Å². The molecule has 1 unspecified atom stereocenters. The van der Waals surface area contributed by atoms with Crippen molar-refractivity contribution in [2.24, 2.45) is 5.41 Å². The highest BCUT2D eigenvalue weighted by atomic mass is 35.5. The van der Waals surface area contributed by atoms with Gasteiger partial charge in [0.2, 0.25) is 0 Å². The summed E-state index contributed by atoms with van der Waals surface area (Å²) in [4.78, 5) is 14.7. The zero-order valence-corrected chi connectivity index (χ0v) is 19.6. The molecule has 34 heavy (non-hydrogen) atoms. The molecule has 4 rings (SSSR count). The third kappa shape index (κ3) is 4.20. The largest absolute Gasteiger partial charge is 0.430 e. The molecule has 0 aromatic heterocycles. The average Bonchev–Trinajstić information content (AvgIpc) is 2.82. The highest BCUT2D eigenvalue weighted by Gasteiger charge is 2.64. The fourth-order valence-corrected chi connectivity index (χ4v) is 5.73. The Bertz CT molecular complexity index is 1030. The predicted molar refractivity (Wildman–Crippen MR) is 121 cm³/mol. The van der Waals surface area contributed by atoms with E-state index in [-0.39, 0.29) is 24.4 Å². The number of hydrogen-bond acceptors (Lipinski definition) is 3. The van der Waals surface area contributed by atoms with Crippen LogP contribution in [0.3, 0.4) is 0 Å². The molecule has 9 heteroatoms. The lowest BCUT2D eigenvalue weighted by Gasteiger charge is -2.50. The third-order valence-electron chi connectivity index (χ3n) is 7.47. The van der Waals surface area contributed by atoms with Crippen LogP contribution in [0.2, 0.25) is 5.02 Å². The first-order valence-electron chi connectivity index (χ1n) is 11.3. The van der Waals surface area contributed by atoms with Crippen molar-refractivity contribution in [1.82, 2.24) is 10.2 Å². The van der Waals surface area contributed by atoms with Gasteiger partial charge in [-0.25, -0.2) is 4.39 Å². The Morgan fingerprint density at radius 3 is 2.38 bits per heavy atom. The van der Waals surface area contributed by atoms with Gasteiger partial charge >= 0.3 is 6.18 Å². The first-order valence-corrected chi connectivity index (χ1v) is 11.6. The summed E-state index contributed by atoms with van der Waals surface area (Å²) in [5.74, 6) is -1.86. The van der Waals surface area contributed by atoms with Crippen molar-refractivity contribution >= 4 is 17.5 Å². The van der Waals surface area contributed by atoms with Crippen molar-refractivity contribution < 1.29 is 27.1 Å². The summed E-state index contributed by atoms with van der Waals surface area (Å²) in [6.07, 6.45) is -3.02. The lowest BCUT2D eigenvalue weighted by atomic mass is 9.62. The van der Waals surface area contributed by atoms with Gasteiger partial charge in [-0.05, 0) is 48.9 Å². The number of rotatable bonds is 4. The molecule has 0 bridgehead atoms. The number of nitrogens with zero attached hydrogens (tertiary/aromatic N) is 1. The number of amides is 1. The topological polar surface area (TPSA) is 41.6 Å². The van der Waals surface area contributed by atoms with Gasteiger partial charge < -0.3 is 15.0 Å². The Kier molecular flexibility index (Phi) is 6.95. The molecule has 0 radical (unpaired) electrons. The van der Waals surface area contributed by atoms with Gasteiger partial charge in [0.1, 0.15) is 5.82 Å². The van der Waals surface area contributed by atoms with E-state index in [0.29, 0.717) is 12.8 Å². The number of benzene rings is 2. The first-order chi connectivity index (χ1) is 16.1. The molecular formula is C25H27ClF4N2O2. The van der Waals surface area contributed by atoms with E-state index in [9.17, 15) is 22.4 Å². The lowest BCUT2D eigenvalue weighted by Crippen LogP contribution is -2.59. The molecule has 184 valence electrons. The number of carbonyl (C=O) groups is 1. The minimum atomic E-state index is -5.07. The molecule has 2 aromatic carbocycles. The molecular weight excluding hydrogens is 472 g/mol. The van der Waals surface area contributed by atoms with Gasteiger partial charge in [-0.15, -0.1) is 0 Å². The van der Waals surface area contributed by atoms with Crippen LogP contribution < -0.4 is 5.32 Å². The molecule has 1 N–H and O–H groups in total. The Morgan fingerprint density at radius 2 is 1.79 bits per heavy atom.